The molecule has 1 aromatic rings. The van der Waals surface area contributed by atoms with Gasteiger partial charge in [0.25, 0.3) is 0 Å². The van der Waals surface area contributed by atoms with Crippen LogP contribution in [0, 0.1) is 0 Å². The van der Waals surface area contributed by atoms with E-state index in [-0.39, 0.29) is 0 Å². The summed E-state index contributed by atoms with van der Waals surface area (Å²) in [5, 5.41) is 5.63. The van der Waals surface area contributed by atoms with Crippen molar-refractivity contribution in [3.8, 4) is 0 Å². The highest BCUT2D eigenvalue weighted by atomic mass is 32.1. The molecule has 16 heavy (non-hydrogen) atoms. The van der Waals surface area contributed by atoms with Crippen LogP contribution in [-0.4, -0.2) is 31.1 Å². The summed E-state index contributed by atoms with van der Waals surface area (Å²) in [6, 6.07) is 4.30. The van der Waals surface area contributed by atoms with Crippen molar-refractivity contribution < 1.29 is 0 Å². The maximum atomic E-state index is 3.49. The molecule has 0 fully saturated rings. The van der Waals surface area contributed by atoms with Crippen LogP contribution in [0.25, 0.3) is 0 Å². The summed E-state index contributed by atoms with van der Waals surface area (Å²) >= 11 is 1.83. The van der Waals surface area contributed by atoms with Crippen LogP contribution in [0.3, 0.4) is 0 Å². The Morgan fingerprint density at radius 2 is 2.06 bits per heavy atom. The first-order valence-corrected chi connectivity index (χ1v) is 7.20. The lowest BCUT2D eigenvalue weighted by molar-refractivity contribution is 0.296. The molecule has 0 saturated heterocycles. The van der Waals surface area contributed by atoms with E-state index in [1.54, 1.807) is 0 Å². The van der Waals surface area contributed by atoms with Gasteiger partial charge in [-0.3, -0.25) is 0 Å². The van der Waals surface area contributed by atoms with E-state index >= 15 is 0 Å². The van der Waals surface area contributed by atoms with E-state index < -0.39 is 0 Å². The smallest absolute Gasteiger partial charge is 0.0299 e. The molecular weight excluding hydrogens is 216 g/mol. The predicted octanol–water partition coefficient (Wildman–Crippen LogP) is 2.96. The van der Waals surface area contributed by atoms with E-state index in [0.29, 0.717) is 0 Å². The van der Waals surface area contributed by atoms with Crippen molar-refractivity contribution in [3.05, 3.63) is 22.4 Å². The van der Waals surface area contributed by atoms with Gasteiger partial charge in [0.05, 0.1) is 0 Å². The van der Waals surface area contributed by atoms with Crippen LogP contribution in [0.1, 0.15) is 31.6 Å². The standard InChI is InChI=1S/C13H24N2S/c1-3-15(4-2)10-6-5-9-14-12-13-8-7-11-16-13/h7-8,11,14H,3-6,9-10,12H2,1-2H3. The van der Waals surface area contributed by atoms with E-state index in [4.69, 9.17) is 0 Å². The number of rotatable bonds is 9. The second-order valence-corrected chi connectivity index (χ2v) is 5.02. The molecule has 0 bridgehead atoms. The topological polar surface area (TPSA) is 15.3 Å². The summed E-state index contributed by atoms with van der Waals surface area (Å²) in [5.41, 5.74) is 0. The SMILES string of the molecule is CCN(CC)CCCCNCc1cccs1. The molecule has 0 aromatic carbocycles. The van der Waals surface area contributed by atoms with Gasteiger partial charge in [0.15, 0.2) is 0 Å². The average Bonchev–Trinajstić information content (AvgIpc) is 2.81. The van der Waals surface area contributed by atoms with Gasteiger partial charge < -0.3 is 10.2 Å². The molecular formula is C13H24N2S. The van der Waals surface area contributed by atoms with Crippen molar-refractivity contribution in [3.63, 3.8) is 0 Å². The molecule has 0 atom stereocenters. The van der Waals surface area contributed by atoms with Crippen LogP contribution in [0.5, 0.6) is 0 Å². The number of nitrogens with one attached hydrogen (secondary N) is 1. The van der Waals surface area contributed by atoms with Crippen LogP contribution in [-0.2, 0) is 6.54 Å². The van der Waals surface area contributed by atoms with Crippen LogP contribution < -0.4 is 5.32 Å². The highest BCUT2D eigenvalue weighted by Crippen LogP contribution is 2.07. The number of thiophene rings is 1. The number of hydrogen-bond donors (Lipinski definition) is 1. The van der Waals surface area contributed by atoms with E-state index in [0.717, 1.165) is 13.1 Å². The van der Waals surface area contributed by atoms with Gasteiger partial charge >= 0.3 is 0 Å². The average molecular weight is 240 g/mol. The van der Waals surface area contributed by atoms with Crippen molar-refractivity contribution in [1.29, 1.82) is 0 Å². The highest BCUT2D eigenvalue weighted by Gasteiger charge is 1.98. The molecule has 1 aromatic heterocycles. The van der Waals surface area contributed by atoms with E-state index in [2.05, 4.69) is 41.6 Å². The van der Waals surface area contributed by atoms with Crippen molar-refractivity contribution >= 4 is 11.3 Å². The Hall–Kier alpha value is -0.380. The second kappa shape index (κ2) is 8.74. The van der Waals surface area contributed by atoms with Gasteiger partial charge in [-0.25, -0.2) is 0 Å². The van der Waals surface area contributed by atoms with Crippen molar-refractivity contribution in [1.82, 2.24) is 10.2 Å². The molecule has 3 heteroatoms. The molecule has 0 amide bonds. The maximum Gasteiger partial charge on any atom is 0.0299 e. The molecule has 1 N–H and O–H groups in total. The number of hydrogen-bond acceptors (Lipinski definition) is 3. The normalized spacial score (nSPS) is 11.2. The summed E-state index contributed by atoms with van der Waals surface area (Å²) in [6.45, 7) is 10.2. The van der Waals surface area contributed by atoms with Crippen molar-refractivity contribution in [2.24, 2.45) is 0 Å². The fourth-order valence-corrected chi connectivity index (χ4v) is 2.42. The van der Waals surface area contributed by atoms with Crippen LogP contribution in [0.4, 0.5) is 0 Å². The van der Waals surface area contributed by atoms with Crippen molar-refractivity contribution in [2.45, 2.75) is 33.2 Å². The van der Waals surface area contributed by atoms with Gasteiger partial charge in [-0.2, -0.15) is 0 Å². The molecule has 0 radical (unpaired) electrons. The zero-order chi connectivity index (χ0) is 11.6. The van der Waals surface area contributed by atoms with Crippen LogP contribution in [0.15, 0.2) is 17.5 Å². The van der Waals surface area contributed by atoms with Gasteiger partial charge in [-0.15, -0.1) is 11.3 Å². The summed E-state index contributed by atoms with van der Waals surface area (Å²) < 4.78 is 0. The quantitative estimate of drug-likeness (QED) is 0.668. The maximum absolute atomic E-state index is 3.49. The Balaban J connectivity index is 1.92. The largest absolute Gasteiger partial charge is 0.312 e. The Kier molecular flexibility index (Phi) is 7.47. The second-order valence-electron chi connectivity index (χ2n) is 3.99. The fraction of sp³-hybridized carbons (Fsp3) is 0.692. The van der Waals surface area contributed by atoms with Gasteiger partial charge in [0.2, 0.25) is 0 Å². The van der Waals surface area contributed by atoms with Crippen LogP contribution in [0.2, 0.25) is 0 Å². The molecule has 0 saturated carbocycles. The molecule has 0 aliphatic carbocycles. The fourth-order valence-electron chi connectivity index (χ4n) is 1.75. The Bertz CT molecular complexity index is 242. The first-order valence-electron chi connectivity index (χ1n) is 6.32. The monoisotopic (exact) mass is 240 g/mol. The summed E-state index contributed by atoms with van der Waals surface area (Å²) in [6.07, 6.45) is 2.58. The molecule has 0 aliphatic rings. The molecule has 0 spiro atoms. The molecule has 2 nitrogen and oxygen atoms in total. The van der Waals surface area contributed by atoms with Gasteiger partial charge in [-0.1, -0.05) is 19.9 Å². The van der Waals surface area contributed by atoms with E-state index in [1.165, 1.54) is 37.4 Å². The molecule has 1 heterocycles. The van der Waals surface area contributed by atoms with Crippen LogP contribution >= 0.6 is 11.3 Å². The lowest BCUT2D eigenvalue weighted by atomic mass is 10.3. The number of unbranched alkanes of at least 4 members (excludes halogenated alkanes) is 1. The zero-order valence-electron chi connectivity index (χ0n) is 10.5. The first kappa shape index (κ1) is 13.7. The third-order valence-corrected chi connectivity index (χ3v) is 3.73. The van der Waals surface area contributed by atoms with Gasteiger partial charge in [0.1, 0.15) is 0 Å². The Morgan fingerprint density at radius 1 is 1.25 bits per heavy atom. The molecule has 0 unspecified atom stereocenters. The van der Waals surface area contributed by atoms with Gasteiger partial charge in [-0.05, 0) is 50.5 Å². The third kappa shape index (κ3) is 5.64. The summed E-state index contributed by atoms with van der Waals surface area (Å²) in [7, 11) is 0. The predicted molar refractivity (Wildman–Crippen MR) is 73.0 cm³/mol. The molecule has 92 valence electrons. The Labute approximate surface area is 104 Å². The lowest BCUT2D eigenvalue weighted by Gasteiger charge is -2.17. The van der Waals surface area contributed by atoms with Gasteiger partial charge in [0, 0.05) is 11.4 Å². The molecule has 0 aliphatic heterocycles. The van der Waals surface area contributed by atoms with E-state index in [1.807, 2.05) is 11.3 Å². The Morgan fingerprint density at radius 3 is 2.69 bits per heavy atom. The lowest BCUT2D eigenvalue weighted by Crippen LogP contribution is -2.24. The minimum atomic E-state index is 1.03. The minimum Gasteiger partial charge on any atom is -0.312 e. The van der Waals surface area contributed by atoms with Crippen molar-refractivity contribution in [2.75, 3.05) is 26.2 Å². The highest BCUT2D eigenvalue weighted by molar-refractivity contribution is 7.09. The summed E-state index contributed by atoms with van der Waals surface area (Å²) in [4.78, 5) is 3.92. The minimum absolute atomic E-state index is 1.03. The first-order chi connectivity index (χ1) is 7.86. The van der Waals surface area contributed by atoms with E-state index in [9.17, 15) is 0 Å². The third-order valence-electron chi connectivity index (χ3n) is 2.85. The zero-order valence-corrected chi connectivity index (χ0v) is 11.4. The summed E-state index contributed by atoms with van der Waals surface area (Å²) in [5.74, 6) is 0. The molecule has 1 rings (SSSR count). The number of nitrogens with zero attached hydrogens (tertiary/aromatic N) is 1.